The zero-order chi connectivity index (χ0) is 14.1. The number of fused-ring (bicyclic) bond motifs is 1. The SMILES string of the molecule is c1ccc(-c2cc(Cn3cnc4ccccc43)no2)cc1. The maximum Gasteiger partial charge on any atom is 0.167 e. The first-order valence-corrected chi connectivity index (χ1v) is 6.81. The Kier molecular flexibility index (Phi) is 2.78. The Morgan fingerprint density at radius 3 is 2.67 bits per heavy atom. The number of rotatable bonds is 3. The summed E-state index contributed by atoms with van der Waals surface area (Å²) in [7, 11) is 0. The maximum absolute atomic E-state index is 5.43. The predicted molar refractivity (Wildman–Crippen MR) is 80.8 cm³/mol. The summed E-state index contributed by atoms with van der Waals surface area (Å²) in [6.45, 7) is 0.650. The van der Waals surface area contributed by atoms with Gasteiger partial charge in [-0.3, -0.25) is 0 Å². The lowest BCUT2D eigenvalue weighted by molar-refractivity contribution is 0.421. The van der Waals surface area contributed by atoms with Crippen LogP contribution in [0.5, 0.6) is 0 Å². The van der Waals surface area contributed by atoms with Crippen molar-refractivity contribution in [2.45, 2.75) is 6.54 Å². The van der Waals surface area contributed by atoms with Crippen LogP contribution in [0.3, 0.4) is 0 Å². The van der Waals surface area contributed by atoms with Crippen molar-refractivity contribution in [2.24, 2.45) is 0 Å². The molecule has 4 heteroatoms. The van der Waals surface area contributed by atoms with E-state index in [0.717, 1.165) is 28.1 Å². The summed E-state index contributed by atoms with van der Waals surface area (Å²) in [6.07, 6.45) is 1.83. The van der Waals surface area contributed by atoms with Gasteiger partial charge >= 0.3 is 0 Å². The summed E-state index contributed by atoms with van der Waals surface area (Å²) in [5, 5.41) is 4.15. The fourth-order valence-electron chi connectivity index (χ4n) is 2.44. The highest BCUT2D eigenvalue weighted by molar-refractivity contribution is 5.75. The molecule has 0 amide bonds. The average molecular weight is 275 g/mol. The molecular formula is C17H13N3O. The highest BCUT2D eigenvalue weighted by atomic mass is 16.5. The van der Waals surface area contributed by atoms with Crippen molar-refractivity contribution in [2.75, 3.05) is 0 Å². The first-order valence-electron chi connectivity index (χ1n) is 6.81. The van der Waals surface area contributed by atoms with E-state index in [9.17, 15) is 0 Å². The topological polar surface area (TPSA) is 43.9 Å². The van der Waals surface area contributed by atoms with E-state index in [0.29, 0.717) is 6.54 Å². The van der Waals surface area contributed by atoms with Crippen molar-refractivity contribution in [1.82, 2.24) is 14.7 Å². The van der Waals surface area contributed by atoms with Gasteiger partial charge in [-0.25, -0.2) is 4.98 Å². The molecule has 0 N–H and O–H groups in total. The lowest BCUT2D eigenvalue weighted by atomic mass is 10.1. The molecule has 4 nitrogen and oxygen atoms in total. The summed E-state index contributed by atoms with van der Waals surface area (Å²) in [6, 6.07) is 20.0. The largest absolute Gasteiger partial charge is 0.356 e. The Bertz CT molecular complexity index is 877. The van der Waals surface area contributed by atoms with E-state index in [2.05, 4.69) is 20.8 Å². The van der Waals surface area contributed by atoms with Gasteiger partial charge in [0, 0.05) is 11.6 Å². The van der Waals surface area contributed by atoms with Crippen molar-refractivity contribution in [3.05, 3.63) is 72.7 Å². The van der Waals surface area contributed by atoms with Crippen LogP contribution in [0.15, 0.2) is 71.5 Å². The molecule has 0 radical (unpaired) electrons. The van der Waals surface area contributed by atoms with Gasteiger partial charge < -0.3 is 9.09 Å². The Labute approximate surface area is 121 Å². The Balaban J connectivity index is 1.65. The van der Waals surface area contributed by atoms with Crippen LogP contribution in [-0.2, 0) is 6.54 Å². The van der Waals surface area contributed by atoms with E-state index in [-0.39, 0.29) is 0 Å². The van der Waals surface area contributed by atoms with Crippen molar-refractivity contribution in [3.8, 4) is 11.3 Å². The second-order valence-corrected chi connectivity index (χ2v) is 4.91. The number of para-hydroxylation sites is 2. The molecule has 102 valence electrons. The summed E-state index contributed by atoms with van der Waals surface area (Å²) in [5.74, 6) is 0.787. The third kappa shape index (κ3) is 2.21. The molecule has 4 aromatic rings. The van der Waals surface area contributed by atoms with Gasteiger partial charge in [-0.05, 0) is 12.1 Å². The lowest BCUT2D eigenvalue weighted by Gasteiger charge is -1.99. The van der Waals surface area contributed by atoms with Crippen LogP contribution in [0.1, 0.15) is 5.69 Å². The quantitative estimate of drug-likeness (QED) is 0.572. The molecule has 2 aromatic heterocycles. The second kappa shape index (κ2) is 4.90. The molecule has 0 fully saturated rings. The molecule has 0 aliphatic rings. The smallest absolute Gasteiger partial charge is 0.167 e. The van der Waals surface area contributed by atoms with Crippen LogP contribution < -0.4 is 0 Å². The molecule has 0 aliphatic heterocycles. The molecule has 0 saturated heterocycles. The van der Waals surface area contributed by atoms with Crippen LogP contribution in [0, 0.1) is 0 Å². The molecule has 0 saturated carbocycles. The fourth-order valence-corrected chi connectivity index (χ4v) is 2.44. The summed E-state index contributed by atoms with van der Waals surface area (Å²) in [5.41, 5.74) is 4.01. The van der Waals surface area contributed by atoms with Gasteiger partial charge in [-0.2, -0.15) is 0 Å². The lowest BCUT2D eigenvalue weighted by Crippen LogP contribution is -1.97. The van der Waals surface area contributed by atoms with Gasteiger partial charge in [-0.15, -0.1) is 0 Å². The first kappa shape index (κ1) is 11.9. The van der Waals surface area contributed by atoms with Crippen LogP contribution in [0.2, 0.25) is 0 Å². The number of benzene rings is 2. The van der Waals surface area contributed by atoms with Gasteiger partial charge in [-0.1, -0.05) is 47.6 Å². The number of aromatic nitrogens is 3. The number of imidazole rings is 1. The fraction of sp³-hybridized carbons (Fsp3) is 0.0588. The molecule has 2 heterocycles. The Morgan fingerprint density at radius 1 is 0.952 bits per heavy atom. The van der Waals surface area contributed by atoms with Crippen molar-refractivity contribution >= 4 is 11.0 Å². The molecule has 0 spiro atoms. The minimum absolute atomic E-state index is 0.650. The van der Waals surface area contributed by atoms with E-state index in [1.807, 2.05) is 60.9 Å². The molecular weight excluding hydrogens is 262 g/mol. The zero-order valence-electron chi connectivity index (χ0n) is 11.3. The molecule has 21 heavy (non-hydrogen) atoms. The van der Waals surface area contributed by atoms with Crippen molar-refractivity contribution in [3.63, 3.8) is 0 Å². The van der Waals surface area contributed by atoms with Crippen LogP contribution >= 0.6 is 0 Å². The minimum Gasteiger partial charge on any atom is -0.356 e. The van der Waals surface area contributed by atoms with E-state index in [1.165, 1.54) is 0 Å². The minimum atomic E-state index is 0.650. The van der Waals surface area contributed by atoms with Crippen molar-refractivity contribution in [1.29, 1.82) is 0 Å². The van der Waals surface area contributed by atoms with Crippen LogP contribution in [0.4, 0.5) is 0 Å². The van der Waals surface area contributed by atoms with Gasteiger partial charge in [0.15, 0.2) is 5.76 Å². The third-order valence-electron chi connectivity index (χ3n) is 3.48. The van der Waals surface area contributed by atoms with E-state index >= 15 is 0 Å². The summed E-state index contributed by atoms with van der Waals surface area (Å²) >= 11 is 0. The maximum atomic E-state index is 5.43. The normalized spacial score (nSPS) is 11.0. The highest BCUT2D eigenvalue weighted by Crippen LogP contribution is 2.21. The second-order valence-electron chi connectivity index (χ2n) is 4.91. The van der Waals surface area contributed by atoms with Crippen molar-refractivity contribution < 1.29 is 4.52 Å². The molecule has 0 unspecified atom stereocenters. The predicted octanol–water partition coefficient (Wildman–Crippen LogP) is 3.74. The molecule has 4 rings (SSSR count). The van der Waals surface area contributed by atoms with Gasteiger partial charge in [0.25, 0.3) is 0 Å². The Morgan fingerprint density at radius 2 is 1.76 bits per heavy atom. The van der Waals surface area contributed by atoms with Gasteiger partial charge in [0.1, 0.15) is 5.69 Å². The molecule has 0 bridgehead atoms. The van der Waals surface area contributed by atoms with E-state index in [1.54, 1.807) is 0 Å². The number of nitrogens with zero attached hydrogens (tertiary/aromatic N) is 3. The third-order valence-corrected chi connectivity index (χ3v) is 3.48. The van der Waals surface area contributed by atoms with Crippen LogP contribution in [-0.4, -0.2) is 14.7 Å². The van der Waals surface area contributed by atoms with Gasteiger partial charge in [0.05, 0.1) is 23.9 Å². The monoisotopic (exact) mass is 275 g/mol. The standard InChI is InChI=1S/C17H13N3O/c1-2-6-13(7-3-1)17-10-14(19-21-17)11-20-12-18-15-8-4-5-9-16(15)20/h1-10,12H,11H2. The number of hydrogen-bond acceptors (Lipinski definition) is 3. The van der Waals surface area contributed by atoms with E-state index < -0.39 is 0 Å². The van der Waals surface area contributed by atoms with Gasteiger partial charge in [0.2, 0.25) is 0 Å². The average Bonchev–Trinajstić information content (AvgIpc) is 3.17. The molecule has 0 atom stereocenters. The summed E-state index contributed by atoms with van der Waals surface area (Å²) < 4.78 is 7.50. The summed E-state index contributed by atoms with van der Waals surface area (Å²) in [4.78, 5) is 4.38. The highest BCUT2D eigenvalue weighted by Gasteiger charge is 2.08. The molecule has 2 aromatic carbocycles. The zero-order valence-corrected chi connectivity index (χ0v) is 11.3. The Hall–Kier alpha value is -2.88. The first-order chi connectivity index (χ1) is 10.4. The van der Waals surface area contributed by atoms with Crippen LogP contribution in [0.25, 0.3) is 22.4 Å². The number of hydrogen-bond donors (Lipinski definition) is 0. The van der Waals surface area contributed by atoms with E-state index in [4.69, 9.17) is 4.52 Å². The molecule has 0 aliphatic carbocycles.